The number of hydrogen-bond donors (Lipinski definition) is 1. The van der Waals surface area contributed by atoms with Gasteiger partial charge in [0.15, 0.2) is 0 Å². The van der Waals surface area contributed by atoms with Gasteiger partial charge in [-0.15, -0.1) is 0 Å². The van der Waals surface area contributed by atoms with Gasteiger partial charge in [0, 0.05) is 12.1 Å². The van der Waals surface area contributed by atoms with Crippen molar-refractivity contribution in [3.05, 3.63) is 59.2 Å². The van der Waals surface area contributed by atoms with Gasteiger partial charge in [-0.1, -0.05) is 12.1 Å². The van der Waals surface area contributed by atoms with E-state index in [1.807, 2.05) is 0 Å². The van der Waals surface area contributed by atoms with Crippen molar-refractivity contribution in [1.82, 2.24) is 0 Å². The van der Waals surface area contributed by atoms with E-state index in [0.29, 0.717) is 12.3 Å². The standard InChI is InChI=1S/C16H12F3NO2/c17-16(18,19)13-4-2-1-3-12(13)15(21)20-11-5-6-14-10(9-11)7-8-22-14/h1-6,9H,7-8H2,(H,20,21). The number of rotatable bonds is 2. The number of ether oxygens (including phenoxy) is 1. The average Bonchev–Trinajstić information content (AvgIpc) is 2.94. The summed E-state index contributed by atoms with van der Waals surface area (Å²) >= 11 is 0. The molecular weight excluding hydrogens is 295 g/mol. The highest BCUT2D eigenvalue weighted by atomic mass is 19.4. The minimum Gasteiger partial charge on any atom is -0.493 e. The number of hydrogen-bond acceptors (Lipinski definition) is 2. The molecule has 3 nitrogen and oxygen atoms in total. The predicted octanol–water partition coefficient (Wildman–Crippen LogP) is 3.89. The lowest BCUT2D eigenvalue weighted by molar-refractivity contribution is -0.137. The number of anilines is 1. The van der Waals surface area contributed by atoms with Crippen molar-refractivity contribution in [2.24, 2.45) is 0 Å². The molecular formula is C16H12F3NO2. The quantitative estimate of drug-likeness (QED) is 0.914. The zero-order chi connectivity index (χ0) is 15.7. The van der Waals surface area contributed by atoms with Crippen molar-refractivity contribution in [3.63, 3.8) is 0 Å². The van der Waals surface area contributed by atoms with E-state index in [-0.39, 0.29) is 0 Å². The topological polar surface area (TPSA) is 38.3 Å². The molecule has 22 heavy (non-hydrogen) atoms. The first kappa shape index (κ1) is 14.4. The van der Waals surface area contributed by atoms with Crippen LogP contribution in [0.4, 0.5) is 18.9 Å². The lowest BCUT2D eigenvalue weighted by atomic mass is 10.1. The molecule has 0 radical (unpaired) electrons. The number of benzene rings is 2. The molecule has 0 bridgehead atoms. The molecule has 0 aliphatic carbocycles. The lowest BCUT2D eigenvalue weighted by Crippen LogP contribution is -2.18. The summed E-state index contributed by atoms with van der Waals surface area (Å²) < 4.78 is 44.1. The Bertz CT molecular complexity index is 726. The van der Waals surface area contributed by atoms with E-state index in [2.05, 4.69) is 5.32 Å². The van der Waals surface area contributed by atoms with Crippen LogP contribution in [0.15, 0.2) is 42.5 Å². The summed E-state index contributed by atoms with van der Waals surface area (Å²) in [5, 5.41) is 2.51. The van der Waals surface area contributed by atoms with Gasteiger partial charge in [-0.05, 0) is 35.9 Å². The van der Waals surface area contributed by atoms with Crippen molar-refractivity contribution in [2.75, 3.05) is 11.9 Å². The normalized spacial score (nSPS) is 13.4. The van der Waals surface area contributed by atoms with Gasteiger partial charge >= 0.3 is 6.18 Å². The summed E-state index contributed by atoms with van der Waals surface area (Å²) in [4.78, 5) is 12.1. The Labute approximate surface area is 124 Å². The molecule has 0 saturated carbocycles. The molecule has 6 heteroatoms. The molecule has 1 aliphatic rings. The van der Waals surface area contributed by atoms with E-state index in [0.717, 1.165) is 29.9 Å². The van der Waals surface area contributed by atoms with E-state index >= 15 is 0 Å². The van der Waals surface area contributed by atoms with Gasteiger partial charge < -0.3 is 10.1 Å². The predicted molar refractivity (Wildman–Crippen MR) is 75.0 cm³/mol. The van der Waals surface area contributed by atoms with Crippen molar-refractivity contribution in [1.29, 1.82) is 0 Å². The van der Waals surface area contributed by atoms with E-state index in [9.17, 15) is 18.0 Å². The van der Waals surface area contributed by atoms with E-state index < -0.39 is 23.2 Å². The third-order valence-corrected chi connectivity index (χ3v) is 3.42. The minimum atomic E-state index is -4.57. The monoisotopic (exact) mass is 307 g/mol. The van der Waals surface area contributed by atoms with E-state index in [1.165, 1.54) is 12.1 Å². The van der Waals surface area contributed by atoms with Crippen LogP contribution in [-0.2, 0) is 12.6 Å². The number of nitrogens with one attached hydrogen (secondary N) is 1. The van der Waals surface area contributed by atoms with Crippen LogP contribution in [0.3, 0.4) is 0 Å². The second-order valence-electron chi connectivity index (χ2n) is 4.92. The first-order valence-electron chi connectivity index (χ1n) is 6.68. The molecule has 114 valence electrons. The Hall–Kier alpha value is -2.50. The number of halogens is 3. The molecule has 3 rings (SSSR count). The van der Waals surface area contributed by atoms with E-state index in [1.54, 1.807) is 18.2 Å². The number of carbonyl (C=O) groups is 1. The first-order chi connectivity index (χ1) is 10.4. The van der Waals surface area contributed by atoms with Crippen LogP contribution in [0.1, 0.15) is 21.5 Å². The highest BCUT2D eigenvalue weighted by molar-refractivity contribution is 6.05. The highest BCUT2D eigenvalue weighted by Crippen LogP contribution is 2.32. The Morgan fingerprint density at radius 2 is 1.91 bits per heavy atom. The molecule has 0 fully saturated rings. The highest BCUT2D eigenvalue weighted by Gasteiger charge is 2.34. The maximum Gasteiger partial charge on any atom is 0.417 e. The molecule has 0 atom stereocenters. The fourth-order valence-electron chi connectivity index (χ4n) is 2.39. The van der Waals surface area contributed by atoms with Crippen LogP contribution in [0.2, 0.25) is 0 Å². The zero-order valence-electron chi connectivity index (χ0n) is 11.4. The number of fused-ring (bicyclic) bond motifs is 1. The average molecular weight is 307 g/mol. The summed E-state index contributed by atoms with van der Waals surface area (Å²) in [6, 6.07) is 9.75. The van der Waals surface area contributed by atoms with Gasteiger partial charge in [0.1, 0.15) is 5.75 Å². The van der Waals surface area contributed by atoms with Gasteiger partial charge in [-0.25, -0.2) is 0 Å². The second-order valence-corrected chi connectivity index (χ2v) is 4.92. The molecule has 1 aliphatic heterocycles. The Balaban J connectivity index is 1.86. The maximum absolute atomic E-state index is 12.9. The van der Waals surface area contributed by atoms with Gasteiger partial charge in [0.2, 0.25) is 0 Å². The number of carbonyl (C=O) groups excluding carboxylic acids is 1. The summed E-state index contributed by atoms with van der Waals surface area (Å²) in [6.45, 7) is 0.573. The van der Waals surface area contributed by atoms with Crippen molar-refractivity contribution in [3.8, 4) is 5.75 Å². The molecule has 0 spiro atoms. The summed E-state index contributed by atoms with van der Waals surface area (Å²) in [5.74, 6) is -0.0412. The number of alkyl halides is 3. The van der Waals surface area contributed by atoms with Crippen LogP contribution in [0.5, 0.6) is 5.75 Å². The Morgan fingerprint density at radius 3 is 2.68 bits per heavy atom. The van der Waals surface area contributed by atoms with Crippen LogP contribution in [0, 0.1) is 0 Å². The molecule has 0 aromatic heterocycles. The van der Waals surface area contributed by atoms with Crippen LogP contribution >= 0.6 is 0 Å². The number of amides is 1. The van der Waals surface area contributed by atoms with Gasteiger partial charge in [-0.2, -0.15) is 13.2 Å². The maximum atomic E-state index is 12.9. The van der Waals surface area contributed by atoms with Crippen LogP contribution < -0.4 is 10.1 Å². The fraction of sp³-hybridized carbons (Fsp3) is 0.188. The molecule has 1 heterocycles. The van der Waals surface area contributed by atoms with Gasteiger partial charge in [0.05, 0.1) is 17.7 Å². The summed E-state index contributed by atoms with van der Waals surface area (Å²) in [7, 11) is 0. The Morgan fingerprint density at radius 1 is 1.14 bits per heavy atom. The van der Waals surface area contributed by atoms with Crippen molar-refractivity contribution >= 4 is 11.6 Å². The molecule has 1 amide bonds. The van der Waals surface area contributed by atoms with Crippen LogP contribution in [-0.4, -0.2) is 12.5 Å². The van der Waals surface area contributed by atoms with Crippen LogP contribution in [0.25, 0.3) is 0 Å². The molecule has 0 unspecified atom stereocenters. The largest absolute Gasteiger partial charge is 0.493 e. The third-order valence-electron chi connectivity index (χ3n) is 3.42. The molecule has 2 aromatic rings. The van der Waals surface area contributed by atoms with Crippen molar-refractivity contribution < 1.29 is 22.7 Å². The smallest absolute Gasteiger partial charge is 0.417 e. The first-order valence-corrected chi connectivity index (χ1v) is 6.68. The van der Waals surface area contributed by atoms with Crippen molar-refractivity contribution in [2.45, 2.75) is 12.6 Å². The van der Waals surface area contributed by atoms with Gasteiger partial charge in [-0.3, -0.25) is 4.79 Å². The van der Waals surface area contributed by atoms with E-state index in [4.69, 9.17) is 4.74 Å². The lowest BCUT2D eigenvalue weighted by Gasteiger charge is -2.13. The SMILES string of the molecule is O=C(Nc1ccc2c(c1)CCO2)c1ccccc1C(F)(F)F. The molecule has 1 N–H and O–H groups in total. The zero-order valence-corrected chi connectivity index (χ0v) is 11.4. The fourth-order valence-corrected chi connectivity index (χ4v) is 2.39. The molecule has 2 aromatic carbocycles. The second kappa shape index (κ2) is 5.36. The Kier molecular flexibility index (Phi) is 3.52. The summed E-state index contributed by atoms with van der Waals surface area (Å²) in [6.07, 6.45) is -3.85. The minimum absolute atomic E-state index is 0.397. The summed E-state index contributed by atoms with van der Waals surface area (Å²) in [5.41, 5.74) is 0.0388. The van der Waals surface area contributed by atoms with Gasteiger partial charge in [0.25, 0.3) is 5.91 Å². The molecule has 0 saturated heterocycles. The third kappa shape index (κ3) is 2.77.